The number of thiocarbonyl (C=S) groups is 1. The van der Waals surface area contributed by atoms with E-state index in [0.717, 1.165) is 16.9 Å². The molecular weight excluding hydrogens is 493 g/mol. The second-order valence-electron chi connectivity index (χ2n) is 6.60. The first-order valence-electron chi connectivity index (χ1n) is 9.11. The van der Waals surface area contributed by atoms with Crippen LogP contribution in [0.25, 0.3) is 6.08 Å². The molecule has 0 atom stereocenters. The van der Waals surface area contributed by atoms with Gasteiger partial charge in [-0.15, -0.1) is 0 Å². The van der Waals surface area contributed by atoms with Crippen LogP contribution < -0.4 is 9.64 Å². The summed E-state index contributed by atoms with van der Waals surface area (Å²) in [6.07, 6.45) is 1.81. The zero-order valence-corrected chi connectivity index (χ0v) is 19.8. The number of carbonyl (C=O) groups excluding carboxylic acids is 1. The lowest BCUT2D eigenvalue weighted by molar-refractivity contribution is -0.113. The van der Waals surface area contributed by atoms with Gasteiger partial charge in [0.15, 0.2) is 4.32 Å². The fourth-order valence-corrected chi connectivity index (χ4v) is 4.59. The van der Waals surface area contributed by atoms with Crippen LogP contribution >= 0.6 is 58.8 Å². The molecule has 1 aliphatic rings. The van der Waals surface area contributed by atoms with E-state index >= 15 is 0 Å². The van der Waals surface area contributed by atoms with Gasteiger partial charge in [-0.05, 0) is 59.7 Å². The Hall–Kier alpha value is -2.02. The Kier molecular flexibility index (Phi) is 6.89. The lowest BCUT2D eigenvalue weighted by Gasteiger charge is -2.15. The zero-order valence-electron chi connectivity index (χ0n) is 15.8. The summed E-state index contributed by atoms with van der Waals surface area (Å²) >= 11 is 24.6. The third-order valence-corrected chi connectivity index (χ3v) is 6.74. The number of carbonyl (C=O) groups is 1. The highest BCUT2D eigenvalue weighted by Crippen LogP contribution is 2.38. The van der Waals surface area contributed by atoms with Crippen LogP contribution in [0.1, 0.15) is 11.1 Å². The second-order valence-corrected chi connectivity index (χ2v) is 9.53. The number of amides is 1. The molecule has 0 aliphatic carbocycles. The van der Waals surface area contributed by atoms with E-state index in [1.807, 2.05) is 48.5 Å². The maximum absolute atomic E-state index is 12.9. The quantitative estimate of drug-likeness (QED) is 0.263. The van der Waals surface area contributed by atoms with Crippen molar-refractivity contribution in [3.63, 3.8) is 0 Å². The Morgan fingerprint density at radius 2 is 1.65 bits per heavy atom. The topological polar surface area (TPSA) is 29.5 Å². The summed E-state index contributed by atoms with van der Waals surface area (Å²) in [6.45, 7) is 0.443. The van der Waals surface area contributed by atoms with Gasteiger partial charge in [-0.3, -0.25) is 9.69 Å². The standard InChI is InChI=1S/C23H14Cl3NO2S2/c24-16-5-1-15(2-6-16)13-29-18-8-3-14(4-9-18)11-21-22(28)27(23(30)31-21)17-7-10-19(25)20(26)12-17/h1-12H,13H2/b21-11-. The van der Waals surface area contributed by atoms with Crippen LogP contribution in [-0.2, 0) is 11.4 Å². The van der Waals surface area contributed by atoms with Crippen LogP contribution in [0, 0.1) is 0 Å². The first-order valence-corrected chi connectivity index (χ1v) is 11.5. The highest BCUT2D eigenvalue weighted by atomic mass is 35.5. The number of ether oxygens (including phenoxy) is 1. The Labute approximate surface area is 204 Å². The molecule has 0 unspecified atom stereocenters. The van der Waals surface area contributed by atoms with Crippen molar-refractivity contribution in [3.8, 4) is 5.75 Å². The predicted molar refractivity (Wildman–Crippen MR) is 134 cm³/mol. The van der Waals surface area contributed by atoms with Crippen LogP contribution in [-0.4, -0.2) is 10.2 Å². The van der Waals surface area contributed by atoms with Gasteiger partial charge < -0.3 is 4.74 Å². The molecule has 3 aromatic carbocycles. The second kappa shape index (κ2) is 9.63. The minimum atomic E-state index is -0.198. The fourth-order valence-electron chi connectivity index (χ4n) is 2.87. The summed E-state index contributed by atoms with van der Waals surface area (Å²) in [6, 6.07) is 20.0. The van der Waals surface area contributed by atoms with Gasteiger partial charge in [0.1, 0.15) is 12.4 Å². The molecule has 0 saturated carbocycles. The zero-order chi connectivity index (χ0) is 22.0. The van der Waals surface area contributed by atoms with Gasteiger partial charge in [-0.25, -0.2) is 0 Å². The highest BCUT2D eigenvalue weighted by Gasteiger charge is 2.33. The van der Waals surface area contributed by atoms with E-state index in [4.69, 9.17) is 51.8 Å². The molecule has 1 aliphatic heterocycles. The average Bonchev–Trinajstić information content (AvgIpc) is 3.03. The number of halogens is 3. The number of rotatable bonds is 5. The molecule has 8 heteroatoms. The number of nitrogens with zero attached hydrogens (tertiary/aromatic N) is 1. The predicted octanol–water partition coefficient (Wildman–Crippen LogP) is 7.63. The SMILES string of the molecule is O=C1/C(=C/c2ccc(OCc3ccc(Cl)cc3)cc2)SC(=S)N1c1ccc(Cl)c(Cl)c1. The molecule has 4 rings (SSSR count). The Morgan fingerprint density at radius 1 is 0.935 bits per heavy atom. The fraction of sp³-hybridized carbons (Fsp3) is 0.0435. The molecule has 1 fully saturated rings. The summed E-state index contributed by atoms with van der Waals surface area (Å²) < 4.78 is 6.24. The first-order chi connectivity index (χ1) is 14.9. The van der Waals surface area contributed by atoms with Gasteiger partial charge in [-0.1, -0.05) is 83.0 Å². The minimum Gasteiger partial charge on any atom is -0.489 e. The van der Waals surface area contributed by atoms with E-state index in [2.05, 4.69) is 0 Å². The maximum Gasteiger partial charge on any atom is 0.270 e. The van der Waals surface area contributed by atoms with Crippen LogP contribution in [0.2, 0.25) is 15.1 Å². The van der Waals surface area contributed by atoms with Crippen molar-refractivity contribution < 1.29 is 9.53 Å². The molecule has 31 heavy (non-hydrogen) atoms. The monoisotopic (exact) mass is 505 g/mol. The van der Waals surface area contributed by atoms with Gasteiger partial charge in [0, 0.05) is 5.02 Å². The number of anilines is 1. The molecule has 0 N–H and O–H groups in total. The number of hydrogen-bond acceptors (Lipinski definition) is 4. The molecule has 1 amide bonds. The summed E-state index contributed by atoms with van der Waals surface area (Å²) in [5.74, 6) is 0.534. The van der Waals surface area contributed by atoms with Crippen molar-refractivity contribution in [1.82, 2.24) is 0 Å². The Bertz CT molecular complexity index is 1180. The van der Waals surface area contributed by atoms with Crippen LogP contribution in [0.4, 0.5) is 5.69 Å². The van der Waals surface area contributed by atoms with Crippen molar-refractivity contribution >= 4 is 80.8 Å². The molecule has 3 nitrogen and oxygen atoms in total. The first kappa shape index (κ1) is 22.2. The average molecular weight is 507 g/mol. The van der Waals surface area contributed by atoms with Crippen LogP contribution in [0.3, 0.4) is 0 Å². The van der Waals surface area contributed by atoms with E-state index in [1.165, 1.54) is 16.7 Å². The molecule has 0 radical (unpaired) electrons. The maximum atomic E-state index is 12.9. The van der Waals surface area contributed by atoms with Crippen molar-refractivity contribution in [2.45, 2.75) is 6.61 Å². The van der Waals surface area contributed by atoms with Gasteiger partial charge >= 0.3 is 0 Å². The highest BCUT2D eigenvalue weighted by molar-refractivity contribution is 8.27. The Balaban J connectivity index is 1.45. The summed E-state index contributed by atoms with van der Waals surface area (Å²) in [4.78, 5) is 14.9. The van der Waals surface area contributed by atoms with Crippen molar-refractivity contribution in [1.29, 1.82) is 0 Å². The molecule has 0 bridgehead atoms. The van der Waals surface area contributed by atoms with E-state index in [0.29, 0.717) is 36.6 Å². The van der Waals surface area contributed by atoms with Crippen molar-refractivity contribution in [3.05, 3.63) is 97.8 Å². The Morgan fingerprint density at radius 3 is 2.32 bits per heavy atom. The molecule has 0 aromatic heterocycles. The summed E-state index contributed by atoms with van der Waals surface area (Å²) in [5.41, 5.74) is 2.49. The summed E-state index contributed by atoms with van der Waals surface area (Å²) in [5, 5.41) is 1.48. The smallest absolute Gasteiger partial charge is 0.270 e. The molecule has 1 heterocycles. The molecular formula is C23H14Cl3NO2S2. The third-order valence-electron chi connectivity index (χ3n) is 4.45. The molecule has 1 saturated heterocycles. The minimum absolute atomic E-state index is 0.198. The van der Waals surface area contributed by atoms with Crippen molar-refractivity contribution in [2.75, 3.05) is 4.90 Å². The lowest BCUT2D eigenvalue weighted by Crippen LogP contribution is -2.27. The third kappa shape index (κ3) is 5.25. The number of hydrogen-bond donors (Lipinski definition) is 0. The van der Waals surface area contributed by atoms with Crippen LogP contribution in [0.15, 0.2) is 71.6 Å². The van der Waals surface area contributed by atoms with Crippen LogP contribution in [0.5, 0.6) is 5.75 Å². The lowest BCUT2D eigenvalue weighted by atomic mass is 10.2. The molecule has 0 spiro atoms. The van der Waals surface area contributed by atoms with Gasteiger partial charge in [-0.2, -0.15) is 0 Å². The largest absolute Gasteiger partial charge is 0.489 e. The molecule has 156 valence electrons. The van der Waals surface area contributed by atoms with Gasteiger partial charge in [0.05, 0.1) is 20.6 Å². The van der Waals surface area contributed by atoms with Gasteiger partial charge in [0.2, 0.25) is 0 Å². The van der Waals surface area contributed by atoms with E-state index < -0.39 is 0 Å². The van der Waals surface area contributed by atoms with E-state index in [9.17, 15) is 4.79 Å². The van der Waals surface area contributed by atoms with E-state index in [-0.39, 0.29) is 5.91 Å². The van der Waals surface area contributed by atoms with Gasteiger partial charge in [0.25, 0.3) is 5.91 Å². The normalized spacial score (nSPS) is 15.1. The summed E-state index contributed by atoms with van der Waals surface area (Å²) in [7, 11) is 0. The van der Waals surface area contributed by atoms with E-state index in [1.54, 1.807) is 24.3 Å². The number of benzene rings is 3. The van der Waals surface area contributed by atoms with Crippen molar-refractivity contribution in [2.24, 2.45) is 0 Å². The number of thioether (sulfide) groups is 1. The molecule has 3 aromatic rings.